The summed E-state index contributed by atoms with van der Waals surface area (Å²) >= 11 is 0. The van der Waals surface area contributed by atoms with Crippen LogP contribution in [0, 0.1) is 0 Å². The molecular formula is C21H38IN5. The fourth-order valence-corrected chi connectivity index (χ4v) is 3.63. The van der Waals surface area contributed by atoms with Gasteiger partial charge in [0.1, 0.15) is 0 Å². The smallest absolute Gasteiger partial charge is 0.191 e. The van der Waals surface area contributed by atoms with Gasteiger partial charge in [-0.3, -0.25) is 14.8 Å². The Hall–Kier alpha value is -0.860. The standard InChI is InChI=1S/C21H37N5.HI/c1-5-25(6-2)17-19-12-10-18(11-13-19)15-23-21(22-4)24-16-20-9-8-14-26(20)7-3;/h10-13,20H,5-9,14-17H2,1-4H3,(H2,22,23,24);1H. The molecule has 1 saturated heterocycles. The molecule has 1 unspecified atom stereocenters. The van der Waals surface area contributed by atoms with Crippen molar-refractivity contribution >= 4 is 29.9 Å². The minimum atomic E-state index is 0. The van der Waals surface area contributed by atoms with Crippen LogP contribution in [-0.2, 0) is 13.1 Å². The first-order valence-corrected chi connectivity index (χ1v) is 10.2. The van der Waals surface area contributed by atoms with Crippen molar-refractivity contribution in [3.63, 3.8) is 0 Å². The van der Waals surface area contributed by atoms with Gasteiger partial charge in [0.2, 0.25) is 0 Å². The maximum Gasteiger partial charge on any atom is 0.191 e. The fraction of sp³-hybridized carbons (Fsp3) is 0.667. The molecule has 0 bridgehead atoms. The van der Waals surface area contributed by atoms with Gasteiger partial charge in [-0.25, -0.2) is 0 Å². The normalized spacial score (nSPS) is 17.8. The second-order valence-electron chi connectivity index (χ2n) is 7.01. The first-order valence-electron chi connectivity index (χ1n) is 10.2. The number of rotatable bonds is 9. The van der Waals surface area contributed by atoms with Gasteiger partial charge >= 0.3 is 0 Å². The summed E-state index contributed by atoms with van der Waals surface area (Å²) in [6, 6.07) is 9.55. The predicted molar refractivity (Wildman–Crippen MR) is 127 cm³/mol. The monoisotopic (exact) mass is 487 g/mol. The van der Waals surface area contributed by atoms with Crippen molar-refractivity contribution in [2.45, 2.75) is 52.7 Å². The van der Waals surface area contributed by atoms with Crippen LogP contribution in [0.15, 0.2) is 29.3 Å². The van der Waals surface area contributed by atoms with Crippen molar-refractivity contribution in [3.8, 4) is 0 Å². The predicted octanol–water partition coefficient (Wildman–Crippen LogP) is 3.30. The van der Waals surface area contributed by atoms with E-state index in [1.807, 2.05) is 7.05 Å². The molecule has 2 N–H and O–H groups in total. The number of hydrogen-bond donors (Lipinski definition) is 2. The van der Waals surface area contributed by atoms with Crippen LogP contribution in [-0.4, -0.2) is 61.6 Å². The summed E-state index contributed by atoms with van der Waals surface area (Å²) in [5, 5.41) is 6.92. The van der Waals surface area contributed by atoms with E-state index in [2.05, 4.69) is 70.5 Å². The molecule has 1 aliphatic heterocycles. The number of aliphatic imine (C=N–C) groups is 1. The van der Waals surface area contributed by atoms with Crippen molar-refractivity contribution < 1.29 is 0 Å². The summed E-state index contributed by atoms with van der Waals surface area (Å²) < 4.78 is 0. The van der Waals surface area contributed by atoms with E-state index in [0.717, 1.165) is 45.2 Å². The lowest BCUT2D eigenvalue weighted by Crippen LogP contribution is -2.44. The Morgan fingerprint density at radius 2 is 1.78 bits per heavy atom. The third-order valence-corrected chi connectivity index (χ3v) is 5.42. The maximum atomic E-state index is 4.36. The van der Waals surface area contributed by atoms with Crippen LogP contribution >= 0.6 is 24.0 Å². The quantitative estimate of drug-likeness (QED) is 0.319. The van der Waals surface area contributed by atoms with Gasteiger partial charge in [-0.15, -0.1) is 24.0 Å². The highest BCUT2D eigenvalue weighted by atomic mass is 127. The second kappa shape index (κ2) is 13.3. The van der Waals surface area contributed by atoms with E-state index in [-0.39, 0.29) is 24.0 Å². The molecule has 27 heavy (non-hydrogen) atoms. The van der Waals surface area contributed by atoms with Crippen LogP contribution in [0.3, 0.4) is 0 Å². The van der Waals surface area contributed by atoms with Crippen LogP contribution < -0.4 is 10.6 Å². The average Bonchev–Trinajstić information content (AvgIpc) is 3.14. The van der Waals surface area contributed by atoms with Crippen molar-refractivity contribution in [1.29, 1.82) is 0 Å². The summed E-state index contributed by atoms with van der Waals surface area (Å²) in [5.41, 5.74) is 2.66. The molecule has 0 radical (unpaired) electrons. The van der Waals surface area contributed by atoms with Crippen LogP contribution in [0.1, 0.15) is 44.7 Å². The minimum absolute atomic E-state index is 0. The molecule has 0 amide bonds. The molecule has 0 aromatic heterocycles. The number of benzene rings is 1. The lowest BCUT2D eigenvalue weighted by atomic mass is 10.1. The van der Waals surface area contributed by atoms with E-state index in [4.69, 9.17) is 0 Å². The van der Waals surface area contributed by atoms with Gasteiger partial charge in [-0.1, -0.05) is 45.0 Å². The molecule has 1 fully saturated rings. The molecule has 0 aliphatic carbocycles. The number of likely N-dealkylation sites (N-methyl/N-ethyl adjacent to an activating group) is 1. The molecular weight excluding hydrogens is 449 g/mol. The lowest BCUT2D eigenvalue weighted by Gasteiger charge is -2.24. The zero-order chi connectivity index (χ0) is 18.8. The molecule has 1 aromatic rings. The van der Waals surface area contributed by atoms with Crippen molar-refractivity contribution in [2.24, 2.45) is 4.99 Å². The number of guanidine groups is 1. The number of hydrogen-bond acceptors (Lipinski definition) is 3. The van der Waals surface area contributed by atoms with E-state index >= 15 is 0 Å². The van der Waals surface area contributed by atoms with Crippen molar-refractivity contribution in [2.75, 3.05) is 39.8 Å². The van der Waals surface area contributed by atoms with Gasteiger partial charge in [-0.05, 0) is 50.1 Å². The third-order valence-electron chi connectivity index (χ3n) is 5.42. The highest BCUT2D eigenvalue weighted by Crippen LogP contribution is 2.15. The molecule has 5 nitrogen and oxygen atoms in total. The molecule has 1 atom stereocenters. The highest BCUT2D eigenvalue weighted by Gasteiger charge is 2.22. The fourth-order valence-electron chi connectivity index (χ4n) is 3.63. The van der Waals surface area contributed by atoms with E-state index in [9.17, 15) is 0 Å². The Bertz CT molecular complexity index is 542. The Balaban J connectivity index is 0.00000364. The molecule has 154 valence electrons. The zero-order valence-electron chi connectivity index (χ0n) is 17.5. The average molecular weight is 487 g/mol. The minimum Gasteiger partial charge on any atom is -0.355 e. The number of likely N-dealkylation sites (tertiary alicyclic amines) is 1. The van der Waals surface area contributed by atoms with Gasteiger partial charge < -0.3 is 10.6 Å². The summed E-state index contributed by atoms with van der Waals surface area (Å²) in [6.07, 6.45) is 2.60. The Morgan fingerprint density at radius 3 is 2.37 bits per heavy atom. The number of nitrogens with one attached hydrogen (secondary N) is 2. The topological polar surface area (TPSA) is 42.9 Å². The zero-order valence-corrected chi connectivity index (χ0v) is 19.8. The Labute approximate surface area is 183 Å². The molecule has 6 heteroatoms. The van der Waals surface area contributed by atoms with E-state index in [1.165, 1.54) is 30.5 Å². The van der Waals surface area contributed by atoms with Crippen molar-refractivity contribution in [1.82, 2.24) is 20.4 Å². The molecule has 1 aromatic carbocycles. The van der Waals surface area contributed by atoms with Crippen LogP contribution in [0.5, 0.6) is 0 Å². The van der Waals surface area contributed by atoms with E-state index in [0.29, 0.717) is 6.04 Å². The van der Waals surface area contributed by atoms with Crippen LogP contribution in [0.25, 0.3) is 0 Å². The van der Waals surface area contributed by atoms with Gasteiger partial charge in [0.05, 0.1) is 0 Å². The number of halogens is 1. The Morgan fingerprint density at radius 1 is 1.11 bits per heavy atom. The molecule has 1 heterocycles. The summed E-state index contributed by atoms with van der Waals surface area (Å²) in [4.78, 5) is 9.35. The van der Waals surface area contributed by atoms with E-state index in [1.54, 1.807) is 0 Å². The van der Waals surface area contributed by atoms with Gasteiger partial charge in [-0.2, -0.15) is 0 Å². The first kappa shape index (κ1) is 24.2. The summed E-state index contributed by atoms with van der Waals surface area (Å²) in [7, 11) is 1.84. The Kier molecular flexibility index (Phi) is 11.9. The van der Waals surface area contributed by atoms with E-state index < -0.39 is 0 Å². The summed E-state index contributed by atoms with van der Waals surface area (Å²) in [5.74, 6) is 0.889. The van der Waals surface area contributed by atoms with Gasteiger partial charge in [0, 0.05) is 32.7 Å². The van der Waals surface area contributed by atoms with Gasteiger partial charge in [0.25, 0.3) is 0 Å². The summed E-state index contributed by atoms with van der Waals surface area (Å²) in [6.45, 7) is 14.0. The molecule has 2 rings (SSSR count). The second-order valence-corrected chi connectivity index (χ2v) is 7.01. The third kappa shape index (κ3) is 7.95. The maximum absolute atomic E-state index is 4.36. The molecule has 0 saturated carbocycles. The highest BCUT2D eigenvalue weighted by molar-refractivity contribution is 14.0. The van der Waals surface area contributed by atoms with Gasteiger partial charge in [0.15, 0.2) is 5.96 Å². The van der Waals surface area contributed by atoms with Crippen LogP contribution in [0.2, 0.25) is 0 Å². The molecule has 0 spiro atoms. The number of nitrogens with zero attached hydrogens (tertiary/aromatic N) is 3. The SMILES string of the molecule is CCN(CC)Cc1ccc(CNC(=NC)NCC2CCCN2CC)cc1.I. The largest absolute Gasteiger partial charge is 0.355 e. The van der Waals surface area contributed by atoms with Crippen molar-refractivity contribution in [3.05, 3.63) is 35.4 Å². The lowest BCUT2D eigenvalue weighted by molar-refractivity contribution is 0.267. The first-order chi connectivity index (χ1) is 12.7. The van der Waals surface area contributed by atoms with Crippen LogP contribution in [0.4, 0.5) is 0 Å². The molecule has 1 aliphatic rings.